The summed E-state index contributed by atoms with van der Waals surface area (Å²) in [6.45, 7) is 0.674. The molecule has 6 nitrogen and oxygen atoms in total. The van der Waals surface area contributed by atoms with Crippen molar-refractivity contribution >= 4 is 17.9 Å². The number of halogens is 4. The molecule has 0 radical (unpaired) electrons. The molecule has 2 aromatic rings. The van der Waals surface area contributed by atoms with Gasteiger partial charge >= 0.3 is 6.18 Å². The minimum Gasteiger partial charge on any atom is -0.381 e. The maximum atomic E-state index is 14.7. The van der Waals surface area contributed by atoms with Gasteiger partial charge in [0.05, 0.1) is 6.61 Å². The first-order chi connectivity index (χ1) is 18.6. The Kier molecular flexibility index (Phi) is 8.46. The number of likely N-dealkylation sites (tertiary alicyclic amines) is 1. The standard InChI is InChI=1S/C29H32F4N2O4/c1-38-16-4-6-20-5-3-7-22(17-20)28(39-2,29(31,32)33)26(37)35-14-12-27(13-15-35)18-25(36)34-19-24(27)21-8-10-23(30)11-9-21/h3-11,17,24H,12-16,18-19H2,1-2H3,(H,34,36)/b6-4+/t24-,28?/m0/s1. The molecular formula is C29H32F4N2O4. The Morgan fingerprint density at radius 2 is 1.82 bits per heavy atom. The number of carbonyl (C=O) groups excluding carboxylic acids is 2. The average molecular weight is 549 g/mol. The minimum atomic E-state index is -5.04. The van der Waals surface area contributed by atoms with E-state index >= 15 is 0 Å². The average Bonchev–Trinajstić information content (AvgIpc) is 2.90. The fraction of sp³-hybridized carbons (Fsp3) is 0.448. The van der Waals surface area contributed by atoms with E-state index in [9.17, 15) is 27.2 Å². The van der Waals surface area contributed by atoms with Gasteiger partial charge in [0.2, 0.25) is 5.91 Å². The van der Waals surface area contributed by atoms with Crippen LogP contribution in [0.25, 0.3) is 6.08 Å². The van der Waals surface area contributed by atoms with Gasteiger partial charge in [-0.15, -0.1) is 0 Å². The molecule has 0 bridgehead atoms. The molecule has 2 fully saturated rings. The van der Waals surface area contributed by atoms with E-state index in [-0.39, 0.29) is 49.3 Å². The number of amides is 2. The zero-order valence-corrected chi connectivity index (χ0v) is 21.9. The molecule has 2 atom stereocenters. The number of rotatable bonds is 7. The molecule has 1 N–H and O–H groups in total. The monoisotopic (exact) mass is 548 g/mol. The summed E-state index contributed by atoms with van der Waals surface area (Å²) in [6, 6.07) is 11.7. The summed E-state index contributed by atoms with van der Waals surface area (Å²) in [5.41, 5.74) is -2.75. The van der Waals surface area contributed by atoms with Gasteiger partial charge in [-0.05, 0) is 47.6 Å². The van der Waals surface area contributed by atoms with Crippen LogP contribution in [0, 0.1) is 11.2 Å². The van der Waals surface area contributed by atoms with Crippen molar-refractivity contribution < 1.29 is 36.6 Å². The van der Waals surface area contributed by atoms with Crippen LogP contribution in [-0.4, -0.2) is 63.4 Å². The molecule has 0 saturated carbocycles. The van der Waals surface area contributed by atoms with Crippen molar-refractivity contribution in [2.24, 2.45) is 5.41 Å². The molecule has 2 saturated heterocycles. The van der Waals surface area contributed by atoms with Crippen molar-refractivity contribution in [3.8, 4) is 0 Å². The van der Waals surface area contributed by atoms with Gasteiger partial charge in [0.15, 0.2) is 0 Å². The first-order valence-corrected chi connectivity index (χ1v) is 12.8. The molecule has 2 heterocycles. The number of nitrogens with one attached hydrogen (secondary N) is 1. The van der Waals surface area contributed by atoms with Crippen molar-refractivity contribution in [2.45, 2.75) is 37.0 Å². The molecule has 2 amide bonds. The fourth-order valence-electron chi connectivity index (χ4n) is 5.88. The van der Waals surface area contributed by atoms with Crippen LogP contribution in [0.2, 0.25) is 0 Å². The lowest BCUT2D eigenvalue weighted by Gasteiger charge is -2.50. The van der Waals surface area contributed by atoms with Crippen molar-refractivity contribution in [3.05, 3.63) is 77.1 Å². The third kappa shape index (κ3) is 5.58. The van der Waals surface area contributed by atoms with Gasteiger partial charge in [-0.3, -0.25) is 9.59 Å². The number of benzene rings is 2. The van der Waals surface area contributed by atoms with Crippen LogP contribution >= 0.6 is 0 Å². The largest absolute Gasteiger partial charge is 0.430 e. The van der Waals surface area contributed by atoms with Crippen LogP contribution in [0.1, 0.15) is 41.9 Å². The highest BCUT2D eigenvalue weighted by Gasteiger charge is 2.64. The van der Waals surface area contributed by atoms with Gasteiger partial charge < -0.3 is 19.7 Å². The van der Waals surface area contributed by atoms with Crippen LogP contribution in [0.4, 0.5) is 17.6 Å². The molecule has 4 rings (SSSR count). The summed E-state index contributed by atoms with van der Waals surface area (Å²) in [6.07, 6.45) is -0.934. The number of carbonyl (C=O) groups is 2. The molecule has 1 spiro atoms. The molecule has 210 valence electrons. The van der Waals surface area contributed by atoms with Gasteiger partial charge in [-0.25, -0.2) is 4.39 Å². The van der Waals surface area contributed by atoms with Gasteiger partial charge in [-0.2, -0.15) is 13.2 Å². The molecule has 0 aromatic heterocycles. The molecule has 2 aliphatic rings. The Balaban J connectivity index is 1.62. The van der Waals surface area contributed by atoms with E-state index < -0.39 is 23.1 Å². The van der Waals surface area contributed by atoms with E-state index in [1.807, 2.05) is 0 Å². The van der Waals surface area contributed by atoms with Crippen LogP contribution in [0.3, 0.4) is 0 Å². The first kappa shape index (κ1) is 28.8. The summed E-state index contributed by atoms with van der Waals surface area (Å²) in [5.74, 6) is -1.87. The number of nitrogens with zero attached hydrogens (tertiary/aromatic N) is 1. The van der Waals surface area contributed by atoms with E-state index in [0.29, 0.717) is 24.9 Å². The summed E-state index contributed by atoms with van der Waals surface area (Å²) in [4.78, 5) is 27.3. The number of methoxy groups -OCH3 is 2. The summed E-state index contributed by atoms with van der Waals surface area (Å²) < 4.78 is 67.8. The lowest BCUT2D eigenvalue weighted by Crippen LogP contribution is -2.60. The Morgan fingerprint density at radius 3 is 2.44 bits per heavy atom. The highest BCUT2D eigenvalue weighted by Crippen LogP contribution is 2.50. The normalized spacial score (nSPS) is 21.1. The smallest absolute Gasteiger partial charge is 0.381 e. The number of hydrogen-bond donors (Lipinski definition) is 1. The highest BCUT2D eigenvalue weighted by atomic mass is 19.4. The third-order valence-electron chi connectivity index (χ3n) is 7.95. The van der Waals surface area contributed by atoms with Crippen LogP contribution in [0.5, 0.6) is 0 Å². The van der Waals surface area contributed by atoms with Gasteiger partial charge in [0, 0.05) is 51.8 Å². The van der Waals surface area contributed by atoms with Crippen molar-refractivity contribution in [2.75, 3.05) is 40.5 Å². The SMILES string of the molecule is COC/C=C/c1cccc(C(OC)(C(=O)N2CCC3(CC2)CC(=O)NC[C@H]3c2ccc(F)cc2)C(F)(F)F)c1. The Hall–Kier alpha value is -3.24. The second-order valence-corrected chi connectivity index (χ2v) is 10.1. The van der Waals surface area contributed by atoms with Crippen molar-refractivity contribution in [1.29, 1.82) is 0 Å². The zero-order chi connectivity index (χ0) is 28.3. The Bertz CT molecular complexity index is 1210. The first-order valence-electron chi connectivity index (χ1n) is 12.8. The van der Waals surface area contributed by atoms with E-state index in [4.69, 9.17) is 9.47 Å². The maximum Gasteiger partial charge on any atom is 0.430 e. The topological polar surface area (TPSA) is 67.9 Å². The summed E-state index contributed by atoms with van der Waals surface area (Å²) >= 11 is 0. The Morgan fingerprint density at radius 1 is 1.13 bits per heavy atom. The predicted octanol–water partition coefficient (Wildman–Crippen LogP) is 4.80. The van der Waals surface area contributed by atoms with E-state index in [1.54, 1.807) is 30.4 Å². The highest BCUT2D eigenvalue weighted by molar-refractivity contribution is 5.88. The number of hydrogen-bond acceptors (Lipinski definition) is 4. The fourth-order valence-corrected chi connectivity index (χ4v) is 5.88. The molecule has 2 aliphatic heterocycles. The minimum absolute atomic E-state index is 0.0262. The van der Waals surface area contributed by atoms with E-state index in [2.05, 4.69) is 5.32 Å². The molecule has 10 heteroatoms. The van der Waals surface area contributed by atoms with Crippen LogP contribution in [-0.2, 0) is 24.7 Å². The van der Waals surface area contributed by atoms with Crippen molar-refractivity contribution in [1.82, 2.24) is 10.2 Å². The molecule has 2 aromatic carbocycles. The Labute approximate surface area is 225 Å². The van der Waals surface area contributed by atoms with Gasteiger partial charge in [-0.1, -0.05) is 42.5 Å². The van der Waals surface area contributed by atoms with E-state index in [1.165, 1.54) is 42.3 Å². The zero-order valence-electron chi connectivity index (χ0n) is 21.9. The second kappa shape index (κ2) is 11.5. The number of ether oxygens (including phenoxy) is 2. The lowest BCUT2D eigenvalue weighted by atomic mass is 9.62. The molecule has 1 unspecified atom stereocenters. The lowest BCUT2D eigenvalue weighted by molar-refractivity contribution is -0.271. The predicted molar refractivity (Wildman–Crippen MR) is 137 cm³/mol. The van der Waals surface area contributed by atoms with Crippen LogP contribution < -0.4 is 5.32 Å². The quantitative estimate of drug-likeness (QED) is 0.505. The maximum absolute atomic E-state index is 14.7. The molecule has 39 heavy (non-hydrogen) atoms. The number of piperidine rings is 2. The molecule has 0 aliphatic carbocycles. The van der Waals surface area contributed by atoms with Crippen LogP contribution in [0.15, 0.2) is 54.6 Å². The second-order valence-electron chi connectivity index (χ2n) is 10.1. The molecular weight excluding hydrogens is 516 g/mol. The number of alkyl halides is 3. The van der Waals surface area contributed by atoms with Gasteiger partial charge in [0.25, 0.3) is 11.5 Å². The summed E-state index contributed by atoms with van der Waals surface area (Å²) in [7, 11) is 2.39. The van der Waals surface area contributed by atoms with Gasteiger partial charge in [0.1, 0.15) is 5.82 Å². The van der Waals surface area contributed by atoms with E-state index in [0.717, 1.165) is 12.7 Å². The van der Waals surface area contributed by atoms with Crippen molar-refractivity contribution in [3.63, 3.8) is 0 Å². The third-order valence-corrected chi connectivity index (χ3v) is 7.95. The summed E-state index contributed by atoms with van der Waals surface area (Å²) in [5, 5.41) is 2.85.